The summed E-state index contributed by atoms with van der Waals surface area (Å²) in [7, 11) is -3.94. The maximum absolute atomic E-state index is 12.9. The van der Waals surface area contributed by atoms with Crippen molar-refractivity contribution in [1.82, 2.24) is 0 Å². The Morgan fingerprint density at radius 2 is 1.90 bits per heavy atom. The number of aliphatic carboxylic acids is 1. The molecule has 1 aromatic rings. The zero-order valence-corrected chi connectivity index (χ0v) is 12.4. The highest BCUT2D eigenvalue weighted by atomic mass is 32.2. The highest BCUT2D eigenvalue weighted by molar-refractivity contribution is 7.93. The number of sulfone groups is 1. The lowest BCUT2D eigenvalue weighted by atomic mass is 9.80. The second kappa shape index (κ2) is 5.05. The van der Waals surface area contributed by atoms with E-state index in [1.54, 1.807) is 31.2 Å². The third-order valence-electron chi connectivity index (χ3n) is 4.07. The number of hydrogen-bond donors (Lipinski definition) is 1. The van der Waals surface area contributed by atoms with Crippen molar-refractivity contribution < 1.29 is 18.3 Å². The molecule has 108 valence electrons. The molecule has 0 heterocycles. The van der Waals surface area contributed by atoms with Gasteiger partial charge in [0.15, 0.2) is 14.6 Å². The van der Waals surface area contributed by atoms with Crippen molar-refractivity contribution in [3.63, 3.8) is 0 Å². The summed E-state index contributed by atoms with van der Waals surface area (Å²) in [6.07, 6.45) is 2.24. The minimum absolute atomic E-state index is 0.0204. The molecular formula is C15H18O4S. The van der Waals surface area contributed by atoms with Crippen molar-refractivity contribution in [2.45, 2.75) is 36.3 Å². The quantitative estimate of drug-likeness (QED) is 0.870. The molecule has 0 aromatic heterocycles. The second-order valence-corrected chi connectivity index (χ2v) is 7.58. The maximum atomic E-state index is 12.9. The summed E-state index contributed by atoms with van der Waals surface area (Å²) in [6, 6.07) is 7.84. The molecule has 4 nitrogen and oxygen atoms in total. The van der Waals surface area contributed by atoms with Gasteiger partial charge in [-0.3, -0.25) is 4.79 Å². The summed E-state index contributed by atoms with van der Waals surface area (Å²) >= 11 is 0. The van der Waals surface area contributed by atoms with E-state index in [4.69, 9.17) is 0 Å². The van der Waals surface area contributed by atoms with Crippen LogP contribution in [0.2, 0.25) is 0 Å². The number of benzene rings is 1. The predicted molar refractivity (Wildman–Crippen MR) is 76.1 cm³/mol. The normalized spacial score (nSPS) is 26.9. The fraction of sp³-hybridized carbons (Fsp3) is 0.400. The molecule has 2 atom stereocenters. The molecule has 2 rings (SSSR count). The minimum Gasteiger partial charge on any atom is -0.480 e. The Morgan fingerprint density at radius 1 is 1.30 bits per heavy atom. The molecule has 0 amide bonds. The Hall–Kier alpha value is -1.62. The summed E-state index contributed by atoms with van der Waals surface area (Å²) < 4.78 is 23.9. The molecule has 1 N–H and O–H groups in total. The van der Waals surface area contributed by atoms with E-state index in [-0.39, 0.29) is 11.3 Å². The van der Waals surface area contributed by atoms with Crippen molar-refractivity contribution in [1.29, 1.82) is 0 Å². The number of carboxylic acids is 1. The van der Waals surface area contributed by atoms with Crippen LogP contribution in [0.3, 0.4) is 0 Å². The summed E-state index contributed by atoms with van der Waals surface area (Å²) in [6.45, 7) is 3.60. The molecule has 0 radical (unpaired) electrons. The van der Waals surface area contributed by atoms with Gasteiger partial charge in [-0.25, -0.2) is 8.42 Å². The maximum Gasteiger partial charge on any atom is 0.326 e. The third-order valence-corrected chi connectivity index (χ3v) is 6.67. The number of allylic oxidation sites excluding steroid dienone is 2. The highest BCUT2D eigenvalue weighted by Gasteiger charge is 2.55. The van der Waals surface area contributed by atoms with Crippen LogP contribution in [0, 0.1) is 5.92 Å². The van der Waals surface area contributed by atoms with Gasteiger partial charge < -0.3 is 5.11 Å². The molecule has 20 heavy (non-hydrogen) atoms. The number of hydrogen-bond acceptors (Lipinski definition) is 3. The van der Waals surface area contributed by atoms with Crippen molar-refractivity contribution in [2.24, 2.45) is 5.92 Å². The lowest BCUT2D eigenvalue weighted by Gasteiger charge is -2.37. The predicted octanol–water partition coefficient (Wildman–Crippen LogP) is 2.66. The van der Waals surface area contributed by atoms with Gasteiger partial charge in [-0.1, -0.05) is 36.8 Å². The molecule has 0 saturated heterocycles. The molecule has 0 fully saturated rings. The first-order valence-electron chi connectivity index (χ1n) is 6.51. The van der Waals surface area contributed by atoms with Crippen LogP contribution in [0.4, 0.5) is 0 Å². The van der Waals surface area contributed by atoms with Crippen molar-refractivity contribution in [3.05, 3.63) is 42.0 Å². The Bertz CT molecular complexity index is 646. The first-order chi connectivity index (χ1) is 9.32. The van der Waals surface area contributed by atoms with Gasteiger partial charge in [0.05, 0.1) is 4.90 Å². The molecule has 0 aliphatic heterocycles. The Kier molecular flexibility index (Phi) is 3.73. The molecule has 0 bridgehead atoms. The molecule has 5 heteroatoms. The lowest BCUT2D eigenvalue weighted by Crippen LogP contribution is -2.52. The molecule has 1 aliphatic rings. The van der Waals surface area contributed by atoms with Gasteiger partial charge in [0.2, 0.25) is 0 Å². The van der Waals surface area contributed by atoms with Gasteiger partial charge >= 0.3 is 5.97 Å². The van der Waals surface area contributed by atoms with E-state index in [0.29, 0.717) is 6.42 Å². The number of carbonyl (C=O) groups is 1. The van der Waals surface area contributed by atoms with E-state index in [1.165, 1.54) is 12.1 Å². The fourth-order valence-electron chi connectivity index (χ4n) is 2.86. The van der Waals surface area contributed by atoms with Crippen LogP contribution in [0.5, 0.6) is 0 Å². The van der Waals surface area contributed by atoms with E-state index in [2.05, 4.69) is 0 Å². The van der Waals surface area contributed by atoms with Crippen LogP contribution < -0.4 is 0 Å². The van der Waals surface area contributed by atoms with Crippen molar-refractivity contribution >= 4 is 15.8 Å². The smallest absolute Gasteiger partial charge is 0.326 e. The van der Waals surface area contributed by atoms with E-state index in [0.717, 1.165) is 5.57 Å². The fourth-order valence-corrected chi connectivity index (χ4v) is 4.94. The van der Waals surface area contributed by atoms with E-state index in [9.17, 15) is 18.3 Å². The third kappa shape index (κ3) is 2.06. The zero-order valence-electron chi connectivity index (χ0n) is 11.5. The van der Waals surface area contributed by atoms with Crippen LogP contribution >= 0.6 is 0 Å². The average molecular weight is 294 g/mol. The van der Waals surface area contributed by atoms with Gasteiger partial charge in [0, 0.05) is 0 Å². The molecule has 1 aliphatic carbocycles. The molecular weight excluding hydrogens is 276 g/mol. The van der Waals surface area contributed by atoms with Crippen molar-refractivity contribution in [2.75, 3.05) is 0 Å². The number of carboxylic acid groups (broad SMARTS) is 1. The monoisotopic (exact) mass is 294 g/mol. The Balaban J connectivity index is 2.64. The highest BCUT2D eigenvalue weighted by Crippen LogP contribution is 2.42. The molecule has 0 saturated carbocycles. The van der Waals surface area contributed by atoms with Gasteiger partial charge in [-0.15, -0.1) is 0 Å². The average Bonchev–Trinajstić information content (AvgIpc) is 2.39. The standard InChI is InChI=1S/C15H18O4S/c1-11-8-9-15(14(16)17,12(2)10-11)20(18,19)13-6-4-3-5-7-13/h3-8,12H,9-10H2,1-2H3,(H,16,17). The molecule has 2 unspecified atom stereocenters. The van der Waals surface area contributed by atoms with Gasteiger partial charge in [0.25, 0.3) is 0 Å². The lowest BCUT2D eigenvalue weighted by molar-refractivity contribution is -0.141. The SMILES string of the molecule is CC1=CCC(C(=O)O)(S(=O)(=O)c2ccccc2)C(C)C1. The van der Waals surface area contributed by atoms with Crippen LogP contribution in [-0.2, 0) is 14.6 Å². The van der Waals surface area contributed by atoms with Crippen LogP contribution in [0.25, 0.3) is 0 Å². The first kappa shape index (κ1) is 14.8. The molecule has 0 spiro atoms. The minimum atomic E-state index is -3.94. The largest absolute Gasteiger partial charge is 0.480 e. The van der Waals surface area contributed by atoms with Gasteiger partial charge in [-0.05, 0) is 37.8 Å². The van der Waals surface area contributed by atoms with Crippen LogP contribution in [0.15, 0.2) is 46.9 Å². The van der Waals surface area contributed by atoms with E-state index in [1.807, 2.05) is 6.92 Å². The Labute approximate surface area is 119 Å². The van der Waals surface area contributed by atoms with Crippen LogP contribution in [0.1, 0.15) is 26.7 Å². The summed E-state index contributed by atoms with van der Waals surface area (Å²) in [5.41, 5.74) is 1.04. The van der Waals surface area contributed by atoms with Gasteiger partial charge in [0.1, 0.15) is 0 Å². The topological polar surface area (TPSA) is 71.4 Å². The summed E-state index contributed by atoms with van der Waals surface area (Å²) in [4.78, 5) is 11.9. The summed E-state index contributed by atoms with van der Waals surface area (Å²) in [5.74, 6) is -1.73. The van der Waals surface area contributed by atoms with E-state index >= 15 is 0 Å². The zero-order chi connectivity index (χ0) is 15.0. The Morgan fingerprint density at radius 3 is 2.40 bits per heavy atom. The van der Waals surface area contributed by atoms with Gasteiger partial charge in [-0.2, -0.15) is 0 Å². The van der Waals surface area contributed by atoms with Crippen molar-refractivity contribution in [3.8, 4) is 0 Å². The van der Waals surface area contributed by atoms with Crippen LogP contribution in [-0.4, -0.2) is 24.2 Å². The first-order valence-corrected chi connectivity index (χ1v) is 7.99. The second-order valence-electron chi connectivity index (χ2n) is 5.37. The van der Waals surface area contributed by atoms with E-state index < -0.39 is 26.5 Å². The molecule has 1 aromatic carbocycles. The summed E-state index contributed by atoms with van der Waals surface area (Å²) in [5, 5.41) is 9.63. The number of rotatable bonds is 3.